The molecule has 0 spiro atoms. The van der Waals surface area contributed by atoms with Gasteiger partial charge in [0, 0.05) is 52.7 Å². The molecule has 4 nitrogen and oxygen atoms in total. The van der Waals surface area contributed by atoms with Crippen molar-refractivity contribution in [2.45, 2.75) is 44.2 Å². The molecule has 3 rings (SSSR count). The van der Waals surface area contributed by atoms with Gasteiger partial charge in [-0.25, -0.2) is 0 Å². The van der Waals surface area contributed by atoms with Crippen LogP contribution in [0.4, 0.5) is 0 Å². The monoisotopic (exact) mass is 267 g/mol. The van der Waals surface area contributed by atoms with E-state index in [-0.39, 0.29) is 0 Å². The zero-order valence-electron chi connectivity index (χ0n) is 10.9. The Morgan fingerprint density at radius 3 is 2.94 bits per heavy atom. The van der Waals surface area contributed by atoms with E-state index in [9.17, 15) is 4.21 Å². The quantitative estimate of drug-likeness (QED) is 0.878. The second-order valence-corrected chi connectivity index (χ2v) is 7.10. The topological polar surface area (TPSA) is 46.9 Å². The summed E-state index contributed by atoms with van der Waals surface area (Å²) in [6.45, 7) is 0. The maximum Gasteiger partial charge on any atom is 0.0540 e. The van der Waals surface area contributed by atoms with Gasteiger partial charge in [-0.05, 0) is 32.1 Å². The van der Waals surface area contributed by atoms with E-state index in [1.165, 1.54) is 24.1 Å². The SMILES string of the molecule is Cn1ncc2c1CCCC2NC1CCS(=O)CC1. The molecular formula is C13H21N3OS. The van der Waals surface area contributed by atoms with Gasteiger partial charge in [-0.1, -0.05) is 0 Å². The Labute approximate surface area is 111 Å². The fourth-order valence-corrected chi connectivity index (χ4v) is 4.42. The van der Waals surface area contributed by atoms with Crippen molar-refractivity contribution in [3.8, 4) is 0 Å². The summed E-state index contributed by atoms with van der Waals surface area (Å²) in [5, 5.41) is 8.14. The van der Waals surface area contributed by atoms with Crippen LogP contribution < -0.4 is 5.32 Å². The van der Waals surface area contributed by atoms with E-state index in [1.807, 2.05) is 17.9 Å². The molecule has 1 fully saturated rings. The van der Waals surface area contributed by atoms with Gasteiger partial charge < -0.3 is 5.32 Å². The number of aryl methyl sites for hydroxylation is 1. The highest BCUT2D eigenvalue weighted by atomic mass is 32.2. The summed E-state index contributed by atoms with van der Waals surface area (Å²) in [6, 6.07) is 0.998. The van der Waals surface area contributed by atoms with Gasteiger partial charge in [0.1, 0.15) is 0 Å². The summed E-state index contributed by atoms with van der Waals surface area (Å²) >= 11 is 0. The Morgan fingerprint density at radius 1 is 1.39 bits per heavy atom. The predicted molar refractivity (Wildman–Crippen MR) is 72.9 cm³/mol. The fraction of sp³-hybridized carbons (Fsp3) is 0.769. The molecule has 1 aliphatic heterocycles. The molecule has 1 aromatic heterocycles. The Hall–Kier alpha value is -0.680. The van der Waals surface area contributed by atoms with Crippen molar-refractivity contribution >= 4 is 10.8 Å². The van der Waals surface area contributed by atoms with E-state index in [1.54, 1.807) is 0 Å². The first-order valence-corrected chi connectivity index (χ1v) is 8.34. The van der Waals surface area contributed by atoms with Crippen LogP contribution in [0.3, 0.4) is 0 Å². The number of rotatable bonds is 2. The molecule has 1 saturated heterocycles. The van der Waals surface area contributed by atoms with Crippen molar-refractivity contribution in [2.75, 3.05) is 11.5 Å². The van der Waals surface area contributed by atoms with E-state index in [0.717, 1.165) is 30.8 Å². The van der Waals surface area contributed by atoms with E-state index in [2.05, 4.69) is 10.4 Å². The van der Waals surface area contributed by atoms with Gasteiger partial charge in [0.15, 0.2) is 0 Å². The normalized spacial score (nSPS) is 32.2. The molecule has 2 heterocycles. The Bertz CT molecular complexity index is 447. The average Bonchev–Trinajstić information content (AvgIpc) is 2.76. The second-order valence-electron chi connectivity index (χ2n) is 5.40. The van der Waals surface area contributed by atoms with Crippen LogP contribution in [0.25, 0.3) is 0 Å². The highest BCUT2D eigenvalue weighted by Gasteiger charge is 2.26. The number of hydrogen-bond acceptors (Lipinski definition) is 3. The van der Waals surface area contributed by atoms with Gasteiger partial charge in [-0.15, -0.1) is 0 Å². The third kappa shape index (κ3) is 2.38. The van der Waals surface area contributed by atoms with Crippen LogP contribution in [0.5, 0.6) is 0 Å². The molecule has 100 valence electrons. The third-order valence-electron chi connectivity index (χ3n) is 4.20. The maximum absolute atomic E-state index is 11.4. The minimum absolute atomic E-state index is 0.457. The summed E-state index contributed by atoms with van der Waals surface area (Å²) < 4.78 is 13.4. The Balaban J connectivity index is 1.69. The van der Waals surface area contributed by atoms with Crippen molar-refractivity contribution in [1.82, 2.24) is 15.1 Å². The molecule has 0 saturated carbocycles. The minimum Gasteiger partial charge on any atom is -0.307 e. The lowest BCUT2D eigenvalue weighted by atomic mass is 9.92. The summed E-state index contributed by atoms with van der Waals surface area (Å²) in [7, 11) is 1.47. The minimum atomic E-state index is -0.565. The molecule has 1 aliphatic carbocycles. The zero-order chi connectivity index (χ0) is 12.5. The van der Waals surface area contributed by atoms with Gasteiger partial charge in [-0.3, -0.25) is 8.89 Å². The molecule has 0 radical (unpaired) electrons. The molecule has 0 aromatic carbocycles. The Kier molecular flexibility index (Phi) is 3.52. The number of aromatic nitrogens is 2. The lowest BCUT2D eigenvalue weighted by molar-refractivity contribution is 0.374. The number of fused-ring (bicyclic) bond motifs is 1. The fourth-order valence-electron chi connectivity index (χ4n) is 3.12. The van der Waals surface area contributed by atoms with Gasteiger partial charge in [0.2, 0.25) is 0 Å². The molecule has 1 aromatic rings. The molecule has 5 heteroatoms. The van der Waals surface area contributed by atoms with Crippen LogP contribution in [0, 0.1) is 0 Å². The largest absolute Gasteiger partial charge is 0.307 e. The molecule has 0 amide bonds. The van der Waals surface area contributed by atoms with Gasteiger partial charge in [0.25, 0.3) is 0 Å². The third-order valence-corrected chi connectivity index (χ3v) is 5.58. The van der Waals surface area contributed by atoms with Gasteiger partial charge in [0.05, 0.1) is 6.20 Å². The molecule has 18 heavy (non-hydrogen) atoms. The van der Waals surface area contributed by atoms with Crippen LogP contribution >= 0.6 is 0 Å². The van der Waals surface area contributed by atoms with Crippen molar-refractivity contribution in [3.05, 3.63) is 17.5 Å². The highest BCUT2D eigenvalue weighted by molar-refractivity contribution is 7.85. The molecule has 2 aliphatic rings. The first-order valence-electron chi connectivity index (χ1n) is 6.86. The molecular weight excluding hydrogens is 246 g/mol. The Morgan fingerprint density at radius 2 is 2.17 bits per heavy atom. The van der Waals surface area contributed by atoms with Crippen molar-refractivity contribution in [2.24, 2.45) is 7.05 Å². The predicted octanol–water partition coefficient (Wildman–Crippen LogP) is 1.30. The second kappa shape index (κ2) is 5.13. The first kappa shape index (κ1) is 12.4. The lowest BCUT2D eigenvalue weighted by Crippen LogP contribution is -2.39. The van der Waals surface area contributed by atoms with Gasteiger partial charge in [-0.2, -0.15) is 5.10 Å². The summed E-state index contributed by atoms with van der Waals surface area (Å²) in [5.74, 6) is 1.73. The van der Waals surface area contributed by atoms with Crippen molar-refractivity contribution in [3.63, 3.8) is 0 Å². The number of nitrogens with one attached hydrogen (secondary N) is 1. The maximum atomic E-state index is 11.4. The van der Waals surface area contributed by atoms with Crippen molar-refractivity contribution < 1.29 is 4.21 Å². The van der Waals surface area contributed by atoms with Crippen LogP contribution in [-0.2, 0) is 24.3 Å². The van der Waals surface area contributed by atoms with E-state index in [4.69, 9.17) is 0 Å². The van der Waals surface area contributed by atoms with E-state index >= 15 is 0 Å². The van der Waals surface area contributed by atoms with Crippen LogP contribution in [0.2, 0.25) is 0 Å². The smallest absolute Gasteiger partial charge is 0.0540 e. The molecule has 0 bridgehead atoms. The standard InChI is InChI=1S/C13H21N3OS/c1-16-13-4-2-3-12(11(13)9-14-16)15-10-5-7-18(17)8-6-10/h9-10,12,15H,2-8H2,1H3. The summed E-state index contributed by atoms with van der Waals surface area (Å²) in [4.78, 5) is 0. The lowest BCUT2D eigenvalue weighted by Gasteiger charge is -2.30. The van der Waals surface area contributed by atoms with E-state index < -0.39 is 10.8 Å². The number of nitrogens with zero attached hydrogens (tertiary/aromatic N) is 2. The van der Waals surface area contributed by atoms with Crippen LogP contribution in [0.15, 0.2) is 6.20 Å². The van der Waals surface area contributed by atoms with E-state index in [0.29, 0.717) is 12.1 Å². The average molecular weight is 267 g/mol. The first-order chi connectivity index (χ1) is 8.74. The van der Waals surface area contributed by atoms with Crippen LogP contribution in [0.1, 0.15) is 43.0 Å². The molecule has 1 N–H and O–H groups in total. The molecule has 1 atom stereocenters. The highest BCUT2D eigenvalue weighted by Crippen LogP contribution is 2.30. The number of hydrogen-bond donors (Lipinski definition) is 1. The van der Waals surface area contributed by atoms with Crippen LogP contribution in [-0.4, -0.2) is 31.5 Å². The summed E-state index contributed by atoms with van der Waals surface area (Å²) in [5.41, 5.74) is 2.77. The zero-order valence-corrected chi connectivity index (χ0v) is 11.7. The van der Waals surface area contributed by atoms with Crippen molar-refractivity contribution in [1.29, 1.82) is 0 Å². The molecule has 1 unspecified atom stereocenters. The van der Waals surface area contributed by atoms with Gasteiger partial charge >= 0.3 is 0 Å². The summed E-state index contributed by atoms with van der Waals surface area (Å²) in [6.07, 6.45) is 7.73.